The SMILES string of the molecule is CC(Cl)c1nc2cc(I)c(F)cc2n1-c1ccc(F)cc1. The quantitative estimate of drug-likeness (QED) is 0.413. The summed E-state index contributed by atoms with van der Waals surface area (Å²) >= 11 is 8.11. The summed E-state index contributed by atoms with van der Waals surface area (Å²) in [5.74, 6) is -0.0517. The zero-order valence-corrected chi connectivity index (χ0v) is 13.9. The van der Waals surface area contributed by atoms with Crippen LogP contribution in [0.15, 0.2) is 36.4 Å². The van der Waals surface area contributed by atoms with Crippen LogP contribution in [0.4, 0.5) is 8.78 Å². The van der Waals surface area contributed by atoms with E-state index >= 15 is 0 Å². The van der Waals surface area contributed by atoms with Gasteiger partial charge in [0.25, 0.3) is 0 Å². The number of benzene rings is 2. The van der Waals surface area contributed by atoms with Gasteiger partial charge in [0.2, 0.25) is 0 Å². The molecule has 1 unspecified atom stereocenters. The Morgan fingerprint density at radius 2 is 1.86 bits per heavy atom. The molecule has 0 saturated carbocycles. The van der Waals surface area contributed by atoms with Gasteiger partial charge in [0.15, 0.2) is 0 Å². The van der Waals surface area contributed by atoms with Gasteiger partial charge in [-0.05, 0) is 59.8 Å². The Hall–Kier alpha value is -1.21. The van der Waals surface area contributed by atoms with Crippen LogP contribution in [0.2, 0.25) is 0 Å². The second-order valence-electron chi connectivity index (χ2n) is 4.65. The normalized spacial score (nSPS) is 12.8. The van der Waals surface area contributed by atoms with Crippen LogP contribution in [0.5, 0.6) is 0 Å². The van der Waals surface area contributed by atoms with E-state index in [0.717, 1.165) is 0 Å². The van der Waals surface area contributed by atoms with Crippen molar-refractivity contribution in [1.82, 2.24) is 9.55 Å². The molecule has 0 aliphatic heterocycles. The summed E-state index contributed by atoms with van der Waals surface area (Å²) in [6.07, 6.45) is 0. The number of fused-ring (bicyclic) bond motifs is 1. The third kappa shape index (κ3) is 2.64. The van der Waals surface area contributed by atoms with Crippen molar-refractivity contribution in [2.75, 3.05) is 0 Å². The van der Waals surface area contributed by atoms with Crippen molar-refractivity contribution < 1.29 is 8.78 Å². The highest BCUT2D eigenvalue weighted by molar-refractivity contribution is 14.1. The lowest BCUT2D eigenvalue weighted by Gasteiger charge is -2.10. The smallest absolute Gasteiger partial charge is 0.138 e. The lowest BCUT2D eigenvalue weighted by molar-refractivity contribution is 0.621. The summed E-state index contributed by atoms with van der Waals surface area (Å²) in [6.45, 7) is 1.80. The molecular formula is C15H10ClF2IN2. The largest absolute Gasteiger partial charge is 0.295 e. The Bertz CT molecular complexity index is 813. The number of rotatable bonds is 2. The predicted molar refractivity (Wildman–Crippen MR) is 88.0 cm³/mol. The van der Waals surface area contributed by atoms with Crippen molar-refractivity contribution in [3.63, 3.8) is 0 Å². The maximum Gasteiger partial charge on any atom is 0.138 e. The molecule has 0 amide bonds. The zero-order valence-electron chi connectivity index (χ0n) is 10.9. The van der Waals surface area contributed by atoms with E-state index in [1.165, 1.54) is 18.2 Å². The van der Waals surface area contributed by atoms with Crippen LogP contribution in [-0.4, -0.2) is 9.55 Å². The van der Waals surface area contributed by atoms with Crippen molar-refractivity contribution in [2.45, 2.75) is 12.3 Å². The molecule has 2 nitrogen and oxygen atoms in total. The molecule has 0 spiro atoms. The van der Waals surface area contributed by atoms with E-state index in [-0.39, 0.29) is 17.0 Å². The average Bonchev–Trinajstić information content (AvgIpc) is 2.79. The summed E-state index contributed by atoms with van der Waals surface area (Å²) in [7, 11) is 0. The van der Waals surface area contributed by atoms with Crippen LogP contribution in [0.25, 0.3) is 16.7 Å². The summed E-state index contributed by atoms with van der Waals surface area (Å²) in [5, 5.41) is -0.358. The van der Waals surface area contributed by atoms with E-state index in [2.05, 4.69) is 4.98 Å². The van der Waals surface area contributed by atoms with Gasteiger partial charge in [0.05, 0.1) is 20.0 Å². The molecular weight excluding hydrogens is 409 g/mol. The maximum absolute atomic E-state index is 13.9. The second-order valence-corrected chi connectivity index (χ2v) is 6.47. The molecule has 0 fully saturated rings. The number of aromatic nitrogens is 2. The standard InChI is InChI=1S/C15H10ClF2IN2/c1-8(16)15-20-13-7-12(19)11(18)6-14(13)21(15)10-4-2-9(17)3-5-10/h2-8H,1H3. The molecule has 3 aromatic rings. The van der Waals surface area contributed by atoms with Gasteiger partial charge in [0.1, 0.15) is 17.5 Å². The molecule has 3 rings (SSSR count). The van der Waals surface area contributed by atoms with Gasteiger partial charge in [-0.3, -0.25) is 4.57 Å². The highest BCUT2D eigenvalue weighted by Gasteiger charge is 2.18. The topological polar surface area (TPSA) is 17.8 Å². The Balaban J connectivity index is 2.35. The molecule has 0 aliphatic rings. The van der Waals surface area contributed by atoms with Crippen molar-refractivity contribution in [1.29, 1.82) is 0 Å². The van der Waals surface area contributed by atoms with Crippen LogP contribution in [0.1, 0.15) is 18.1 Å². The summed E-state index contributed by atoms with van der Waals surface area (Å²) in [4.78, 5) is 4.48. The molecule has 2 aromatic carbocycles. The molecule has 1 atom stereocenters. The Kier molecular flexibility index (Phi) is 3.88. The average molecular weight is 419 g/mol. The predicted octanol–water partition coefficient (Wildman–Crippen LogP) is 5.21. The van der Waals surface area contributed by atoms with Gasteiger partial charge in [-0.1, -0.05) is 0 Å². The van der Waals surface area contributed by atoms with Gasteiger partial charge < -0.3 is 0 Å². The van der Waals surface area contributed by atoms with Gasteiger partial charge in [-0.15, -0.1) is 11.6 Å². The molecule has 0 radical (unpaired) electrons. The summed E-state index contributed by atoms with van der Waals surface area (Å²) in [5.41, 5.74) is 1.97. The van der Waals surface area contributed by atoms with E-state index in [4.69, 9.17) is 11.6 Å². The van der Waals surface area contributed by atoms with E-state index in [0.29, 0.717) is 26.1 Å². The molecule has 108 valence electrons. The van der Waals surface area contributed by atoms with E-state index in [9.17, 15) is 8.78 Å². The lowest BCUT2D eigenvalue weighted by Crippen LogP contribution is -2.02. The van der Waals surface area contributed by atoms with Crippen molar-refractivity contribution in [2.24, 2.45) is 0 Å². The zero-order chi connectivity index (χ0) is 15.1. The molecule has 0 N–H and O–H groups in total. The van der Waals surface area contributed by atoms with Crippen LogP contribution in [0, 0.1) is 15.2 Å². The molecule has 0 bridgehead atoms. The Morgan fingerprint density at radius 1 is 1.19 bits per heavy atom. The monoisotopic (exact) mass is 418 g/mol. The molecule has 21 heavy (non-hydrogen) atoms. The number of hydrogen-bond donors (Lipinski definition) is 0. The van der Waals surface area contributed by atoms with Crippen molar-refractivity contribution in [3.8, 4) is 5.69 Å². The van der Waals surface area contributed by atoms with E-state index in [1.54, 1.807) is 29.7 Å². The van der Waals surface area contributed by atoms with Gasteiger partial charge in [-0.2, -0.15) is 0 Å². The maximum atomic E-state index is 13.9. The van der Waals surface area contributed by atoms with Crippen LogP contribution >= 0.6 is 34.2 Å². The lowest BCUT2D eigenvalue weighted by atomic mass is 10.2. The first kappa shape index (κ1) is 14.7. The Labute approximate surface area is 138 Å². The first-order valence-electron chi connectivity index (χ1n) is 6.25. The minimum absolute atomic E-state index is 0.319. The highest BCUT2D eigenvalue weighted by Crippen LogP contribution is 2.30. The molecule has 1 aromatic heterocycles. The van der Waals surface area contributed by atoms with Crippen LogP contribution in [0.3, 0.4) is 0 Å². The number of nitrogens with zero attached hydrogens (tertiary/aromatic N) is 2. The van der Waals surface area contributed by atoms with Crippen LogP contribution < -0.4 is 0 Å². The first-order chi connectivity index (χ1) is 9.97. The Morgan fingerprint density at radius 3 is 2.48 bits per heavy atom. The third-order valence-electron chi connectivity index (χ3n) is 3.16. The fraction of sp³-hybridized carbons (Fsp3) is 0.133. The highest BCUT2D eigenvalue weighted by atomic mass is 127. The van der Waals surface area contributed by atoms with E-state index < -0.39 is 0 Å². The minimum atomic E-state index is -0.358. The van der Waals surface area contributed by atoms with Gasteiger partial charge in [-0.25, -0.2) is 13.8 Å². The second kappa shape index (κ2) is 5.53. The molecule has 6 heteroatoms. The molecule has 1 heterocycles. The van der Waals surface area contributed by atoms with Crippen molar-refractivity contribution >= 4 is 45.2 Å². The summed E-state index contributed by atoms with van der Waals surface area (Å²) in [6, 6.07) is 9.05. The number of hydrogen-bond acceptors (Lipinski definition) is 1. The van der Waals surface area contributed by atoms with Crippen LogP contribution in [-0.2, 0) is 0 Å². The third-order valence-corrected chi connectivity index (χ3v) is 4.18. The number of alkyl halides is 1. The fourth-order valence-electron chi connectivity index (χ4n) is 2.22. The van der Waals surface area contributed by atoms with E-state index in [1.807, 2.05) is 22.6 Å². The van der Waals surface area contributed by atoms with Gasteiger partial charge >= 0.3 is 0 Å². The fourth-order valence-corrected chi connectivity index (χ4v) is 2.82. The number of imidazole rings is 1. The van der Waals surface area contributed by atoms with Crippen molar-refractivity contribution in [3.05, 3.63) is 57.4 Å². The van der Waals surface area contributed by atoms with Gasteiger partial charge in [0, 0.05) is 11.8 Å². The summed E-state index contributed by atoms with van der Waals surface area (Å²) < 4.78 is 29.2. The first-order valence-corrected chi connectivity index (χ1v) is 7.76. The number of halogens is 4. The molecule has 0 saturated heterocycles. The molecule has 0 aliphatic carbocycles. The minimum Gasteiger partial charge on any atom is -0.295 e.